The standard InChI is InChI=1S/C17H16O5S/c1-17(2)20-10-14(22-17)11-6-5-8-13-16(11)23(18,19)15-9-4-3-7-12(15)21-13/h3-9,14H,10H2,1-2H3. The molecule has 1 fully saturated rings. The van der Waals surface area contributed by atoms with Gasteiger partial charge in [0, 0.05) is 5.56 Å². The van der Waals surface area contributed by atoms with E-state index in [-0.39, 0.29) is 9.79 Å². The third kappa shape index (κ3) is 2.25. The highest BCUT2D eigenvalue weighted by Crippen LogP contribution is 2.47. The highest BCUT2D eigenvalue weighted by Gasteiger charge is 2.40. The summed E-state index contributed by atoms with van der Waals surface area (Å²) in [6, 6.07) is 11.8. The minimum Gasteiger partial charge on any atom is -0.455 e. The van der Waals surface area contributed by atoms with Gasteiger partial charge in [-0.2, -0.15) is 0 Å². The highest BCUT2D eigenvalue weighted by atomic mass is 32.2. The normalized spacial score (nSPS) is 23.7. The van der Waals surface area contributed by atoms with Gasteiger partial charge < -0.3 is 14.2 Å². The van der Waals surface area contributed by atoms with E-state index in [2.05, 4.69) is 0 Å². The molecule has 0 N–H and O–H groups in total. The zero-order chi connectivity index (χ0) is 16.2. The number of hydrogen-bond donors (Lipinski definition) is 0. The highest BCUT2D eigenvalue weighted by molar-refractivity contribution is 7.91. The van der Waals surface area contributed by atoms with Crippen LogP contribution in [0.3, 0.4) is 0 Å². The summed E-state index contributed by atoms with van der Waals surface area (Å²) in [6.45, 7) is 3.92. The summed E-state index contributed by atoms with van der Waals surface area (Å²) >= 11 is 0. The first-order chi connectivity index (χ1) is 10.9. The summed E-state index contributed by atoms with van der Waals surface area (Å²) in [5.41, 5.74) is 0.572. The number of fused-ring (bicyclic) bond motifs is 2. The Morgan fingerprint density at radius 3 is 2.52 bits per heavy atom. The Balaban J connectivity index is 1.89. The van der Waals surface area contributed by atoms with Crippen molar-refractivity contribution in [1.82, 2.24) is 0 Å². The average molecular weight is 332 g/mol. The first-order valence-electron chi connectivity index (χ1n) is 7.35. The van der Waals surface area contributed by atoms with Crippen LogP contribution < -0.4 is 4.74 Å². The Kier molecular flexibility index (Phi) is 3.07. The Morgan fingerprint density at radius 2 is 1.78 bits per heavy atom. The summed E-state index contributed by atoms with van der Waals surface area (Å²) in [4.78, 5) is 0.350. The topological polar surface area (TPSA) is 61.8 Å². The molecule has 0 amide bonds. The molecular formula is C17H16O5S. The fourth-order valence-corrected chi connectivity index (χ4v) is 4.72. The summed E-state index contributed by atoms with van der Waals surface area (Å²) in [7, 11) is -3.67. The predicted molar refractivity (Wildman–Crippen MR) is 82.3 cm³/mol. The summed E-state index contributed by atoms with van der Waals surface area (Å²) in [5.74, 6) is -0.0551. The minimum absolute atomic E-state index is 0.171. The largest absolute Gasteiger partial charge is 0.455 e. The number of sulfone groups is 1. The fraction of sp³-hybridized carbons (Fsp3) is 0.294. The molecule has 6 heteroatoms. The van der Waals surface area contributed by atoms with E-state index in [0.717, 1.165) is 0 Å². The molecule has 1 unspecified atom stereocenters. The van der Waals surface area contributed by atoms with Crippen LogP contribution >= 0.6 is 0 Å². The van der Waals surface area contributed by atoms with Crippen molar-refractivity contribution in [3.63, 3.8) is 0 Å². The lowest BCUT2D eigenvalue weighted by Crippen LogP contribution is -2.20. The van der Waals surface area contributed by atoms with Crippen molar-refractivity contribution in [3.8, 4) is 11.5 Å². The molecular weight excluding hydrogens is 316 g/mol. The minimum atomic E-state index is -3.67. The quantitative estimate of drug-likeness (QED) is 0.683. The van der Waals surface area contributed by atoms with Crippen LogP contribution in [0.2, 0.25) is 0 Å². The van der Waals surface area contributed by atoms with E-state index < -0.39 is 21.7 Å². The lowest BCUT2D eigenvalue weighted by Gasteiger charge is -2.24. The fourth-order valence-electron chi connectivity index (χ4n) is 2.98. The molecule has 2 aliphatic heterocycles. The maximum Gasteiger partial charge on any atom is 0.214 e. The van der Waals surface area contributed by atoms with Crippen molar-refractivity contribution in [2.45, 2.75) is 35.5 Å². The van der Waals surface area contributed by atoms with E-state index in [1.807, 2.05) is 13.8 Å². The monoisotopic (exact) mass is 332 g/mol. The molecule has 2 aromatic rings. The van der Waals surface area contributed by atoms with Gasteiger partial charge in [0.15, 0.2) is 5.79 Å². The lowest BCUT2D eigenvalue weighted by atomic mass is 10.1. The molecule has 4 rings (SSSR count). The molecule has 1 saturated heterocycles. The van der Waals surface area contributed by atoms with Crippen LogP contribution in [0.5, 0.6) is 11.5 Å². The van der Waals surface area contributed by atoms with Crippen LogP contribution in [0, 0.1) is 0 Å². The summed E-state index contributed by atoms with van der Waals surface area (Å²) < 4.78 is 43.3. The lowest BCUT2D eigenvalue weighted by molar-refractivity contribution is -0.139. The van der Waals surface area contributed by atoms with Gasteiger partial charge in [-0.1, -0.05) is 24.3 Å². The van der Waals surface area contributed by atoms with E-state index >= 15 is 0 Å². The zero-order valence-electron chi connectivity index (χ0n) is 12.8. The number of para-hydroxylation sites is 1. The zero-order valence-corrected chi connectivity index (χ0v) is 13.6. The Labute approximate surface area is 134 Å². The number of ether oxygens (including phenoxy) is 3. The molecule has 1 atom stereocenters. The van der Waals surface area contributed by atoms with Crippen molar-refractivity contribution in [3.05, 3.63) is 48.0 Å². The first-order valence-corrected chi connectivity index (χ1v) is 8.83. The SMILES string of the molecule is CC1(C)OCC(c2cccc3c2S(=O)(=O)c2ccccc2O3)O1. The third-order valence-electron chi connectivity index (χ3n) is 3.99. The second kappa shape index (κ2) is 4.80. The van der Waals surface area contributed by atoms with Gasteiger partial charge in [0.25, 0.3) is 0 Å². The van der Waals surface area contributed by atoms with Gasteiger partial charge in [0.1, 0.15) is 27.4 Å². The second-order valence-electron chi connectivity index (χ2n) is 6.04. The van der Waals surface area contributed by atoms with Crippen molar-refractivity contribution in [2.24, 2.45) is 0 Å². The molecule has 2 aliphatic rings. The number of benzene rings is 2. The molecule has 0 radical (unpaired) electrons. The van der Waals surface area contributed by atoms with Crippen molar-refractivity contribution in [1.29, 1.82) is 0 Å². The van der Waals surface area contributed by atoms with Gasteiger partial charge in [-0.25, -0.2) is 8.42 Å². The van der Waals surface area contributed by atoms with Crippen LogP contribution in [0.4, 0.5) is 0 Å². The molecule has 0 aliphatic carbocycles. The molecule has 120 valence electrons. The maximum absolute atomic E-state index is 13.1. The van der Waals surface area contributed by atoms with Gasteiger partial charge in [0.2, 0.25) is 9.84 Å². The van der Waals surface area contributed by atoms with Crippen LogP contribution in [0.25, 0.3) is 0 Å². The van der Waals surface area contributed by atoms with E-state index in [1.165, 1.54) is 0 Å². The Morgan fingerprint density at radius 1 is 1.04 bits per heavy atom. The van der Waals surface area contributed by atoms with Crippen molar-refractivity contribution >= 4 is 9.84 Å². The van der Waals surface area contributed by atoms with E-state index in [4.69, 9.17) is 14.2 Å². The Hall–Kier alpha value is -1.89. The third-order valence-corrected chi connectivity index (χ3v) is 5.88. The number of hydrogen-bond acceptors (Lipinski definition) is 5. The predicted octanol–water partition coefficient (Wildman–Crippen LogP) is 3.45. The van der Waals surface area contributed by atoms with Gasteiger partial charge in [-0.15, -0.1) is 0 Å². The summed E-state index contributed by atoms with van der Waals surface area (Å²) in [5, 5.41) is 0. The van der Waals surface area contributed by atoms with Gasteiger partial charge in [0.05, 0.1) is 6.61 Å². The molecule has 0 bridgehead atoms. The molecule has 0 aromatic heterocycles. The van der Waals surface area contributed by atoms with E-state index in [0.29, 0.717) is 23.7 Å². The van der Waals surface area contributed by atoms with Crippen LogP contribution in [-0.2, 0) is 19.3 Å². The van der Waals surface area contributed by atoms with Crippen LogP contribution in [-0.4, -0.2) is 20.8 Å². The van der Waals surface area contributed by atoms with Gasteiger partial charge in [-0.05, 0) is 32.0 Å². The van der Waals surface area contributed by atoms with Crippen molar-refractivity contribution in [2.75, 3.05) is 6.61 Å². The smallest absolute Gasteiger partial charge is 0.214 e. The summed E-state index contributed by atoms with van der Waals surface area (Å²) in [6.07, 6.45) is -0.441. The van der Waals surface area contributed by atoms with Crippen molar-refractivity contribution < 1.29 is 22.6 Å². The van der Waals surface area contributed by atoms with Gasteiger partial charge in [-0.3, -0.25) is 0 Å². The van der Waals surface area contributed by atoms with Gasteiger partial charge >= 0.3 is 0 Å². The molecule has 0 saturated carbocycles. The molecule has 23 heavy (non-hydrogen) atoms. The molecule has 2 heterocycles. The maximum atomic E-state index is 13.1. The first kappa shape index (κ1) is 14.7. The second-order valence-corrected chi connectivity index (χ2v) is 7.90. The van der Waals surface area contributed by atoms with E-state index in [9.17, 15) is 8.42 Å². The van der Waals surface area contributed by atoms with Crippen LogP contribution in [0.15, 0.2) is 52.3 Å². The number of rotatable bonds is 1. The van der Waals surface area contributed by atoms with Crippen LogP contribution in [0.1, 0.15) is 25.5 Å². The van der Waals surface area contributed by atoms with E-state index in [1.54, 1.807) is 42.5 Å². The molecule has 0 spiro atoms. The molecule has 5 nitrogen and oxygen atoms in total. The Bertz CT molecular complexity index is 886. The average Bonchev–Trinajstić information content (AvgIpc) is 2.87. The molecule has 2 aromatic carbocycles.